The molecule has 0 aromatic heterocycles. The highest BCUT2D eigenvalue weighted by Crippen LogP contribution is 2.07. The summed E-state index contributed by atoms with van der Waals surface area (Å²) in [6.07, 6.45) is 3.77. The molecule has 18 heavy (non-hydrogen) atoms. The van der Waals surface area contributed by atoms with E-state index in [-0.39, 0.29) is 24.1 Å². The van der Waals surface area contributed by atoms with Crippen molar-refractivity contribution in [2.45, 2.75) is 19.3 Å². The maximum absolute atomic E-state index is 11.2. The Bertz CT molecular complexity index is 501. The standard InChI is InChI=1S/C9H12N4O4S/c10-11-12-18(16,17)7-3-1-2-6-13-8(14)4-5-9(13)15/h4-5H,1-3,6-7H2. The van der Waals surface area contributed by atoms with Gasteiger partial charge in [0, 0.05) is 28.1 Å². The minimum Gasteiger partial charge on any atom is -0.275 e. The van der Waals surface area contributed by atoms with E-state index >= 15 is 0 Å². The molecule has 0 N–H and O–H groups in total. The molecule has 1 aliphatic heterocycles. The highest BCUT2D eigenvalue weighted by atomic mass is 32.2. The summed E-state index contributed by atoms with van der Waals surface area (Å²) >= 11 is 0. The number of unbranched alkanes of at least 4 members (excludes halogenated alkanes) is 2. The first-order chi connectivity index (χ1) is 8.46. The van der Waals surface area contributed by atoms with Gasteiger partial charge in [-0.15, -0.1) is 0 Å². The van der Waals surface area contributed by atoms with E-state index in [9.17, 15) is 18.0 Å². The van der Waals surface area contributed by atoms with Crippen LogP contribution in [0.4, 0.5) is 0 Å². The van der Waals surface area contributed by atoms with Crippen LogP contribution < -0.4 is 0 Å². The predicted molar refractivity (Wildman–Crippen MR) is 62.6 cm³/mol. The Morgan fingerprint density at radius 3 is 2.33 bits per heavy atom. The van der Waals surface area contributed by atoms with Gasteiger partial charge < -0.3 is 0 Å². The molecule has 1 heterocycles. The van der Waals surface area contributed by atoms with Gasteiger partial charge in [0.15, 0.2) is 0 Å². The van der Waals surface area contributed by atoms with Crippen molar-refractivity contribution < 1.29 is 18.0 Å². The molecule has 0 spiro atoms. The number of hydrogen-bond donors (Lipinski definition) is 0. The number of rotatable bonds is 7. The van der Waals surface area contributed by atoms with E-state index in [1.54, 1.807) is 0 Å². The molecule has 0 aromatic carbocycles. The smallest absolute Gasteiger partial charge is 0.253 e. The van der Waals surface area contributed by atoms with Crippen molar-refractivity contribution in [3.8, 4) is 0 Å². The van der Waals surface area contributed by atoms with Gasteiger partial charge in [-0.05, 0) is 18.4 Å². The number of carbonyl (C=O) groups is 2. The van der Waals surface area contributed by atoms with Crippen molar-refractivity contribution in [3.63, 3.8) is 0 Å². The largest absolute Gasteiger partial charge is 0.275 e. The van der Waals surface area contributed by atoms with Crippen LogP contribution in [-0.4, -0.2) is 37.4 Å². The van der Waals surface area contributed by atoms with Crippen LogP contribution in [-0.2, 0) is 19.6 Å². The van der Waals surface area contributed by atoms with E-state index in [1.165, 1.54) is 12.2 Å². The van der Waals surface area contributed by atoms with Crippen LogP contribution in [0.3, 0.4) is 0 Å². The van der Waals surface area contributed by atoms with Crippen molar-refractivity contribution in [1.82, 2.24) is 4.90 Å². The molecule has 0 atom stereocenters. The van der Waals surface area contributed by atoms with Gasteiger partial charge in [-0.1, -0.05) is 6.42 Å². The summed E-state index contributed by atoms with van der Waals surface area (Å²) in [5, 5.41) is 0. The molecular weight excluding hydrogens is 260 g/mol. The quantitative estimate of drug-likeness (QED) is 0.223. The Morgan fingerprint density at radius 2 is 1.78 bits per heavy atom. The third kappa shape index (κ3) is 4.19. The number of nitrogens with zero attached hydrogens (tertiary/aromatic N) is 4. The van der Waals surface area contributed by atoms with E-state index in [4.69, 9.17) is 5.53 Å². The summed E-state index contributed by atoms with van der Waals surface area (Å²) in [6.45, 7) is 0.270. The van der Waals surface area contributed by atoms with E-state index < -0.39 is 10.0 Å². The fraction of sp³-hybridized carbons (Fsp3) is 0.556. The molecule has 1 rings (SSSR count). The summed E-state index contributed by atoms with van der Waals surface area (Å²) in [5.74, 6) is -0.916. The number of sulfonamides is 1. The third-order valence-electron chi connectivity index (χ3n) is 2.35. The van der Waals surface area contributed by atoms with Crippen LogP contribution in [0.5, 0.6) is 0 Å². The van der Waals surface area contributed by atoms with Gasteiger partial charge in [0.2, 0.25) is 10.0 Å². The lowest BCUT2D eigenvalue weighted by Crippen LogP contribution is -2.30. The fourth-order valence-corrected chi connectivity index (χ4v) is 2.24. The van der Waals surface area contributed by atoms with E-state index in [0.717, 1.165) is 4.90 Å². The summed E-state index contributed by atoms with van der Waals surface area (Å²) in [4.78, 5) is 25.6. The minimum absolute atomic E-state index is 0.225. The lowest BCUT2D eigenvalue weighted by molar-refractivity contribution is -0.136. The lowest BCUT2D eigenvalue weighted by Gasteiger charge is -2.12. The maximum atomic E-state index is 11.2. The molecule has 0 saturated heterocycles. The van der Waals surface area contributed by atoms with Gasteiger partial charge in [-0.25, -0.2) is 8.42 Å². The molecule has 0 radical (unpaired) electrons. The number of azide groups is 1. The number of imide groups is 1. The van der Waals surface area contributed by atoms with E-state index in [2.05, 4.69) is 9.43 Å². The summed E-state index contributed by atoms with van der Waals surface area (Å²) in [6, 6.07) is 0. The van der Waals surface area contributed by atoms with Gasteiger partial charge in [0.05, 0.1) is 5.75 Å². The van der Waals surface area contributed by atoms with Crippen molar-refractivity contribution >= 4 is 21.8 Å². The molecule has 0 aromatic rings. The van der Waals surface area contributed by atoms with E-state index in [0.29, 0.717) is 19.3 Å². The minimum atomic E-state index is -3.70. The van der Waals surface area contributed by atoms with Gasteiger partial charge in [0.25, 0.3) is 11.8 Å². The van der Waals surface area contributed by atoms with Crippen molar-refractivity contribution in [2.24, 2.45) is 4.52 Å². The molecule has 0 bridgehead atoms. The number of carbonyl (C=O) groups excluding carboxylic acids is 2. The van der Waals surface area contributed by atoms with E-state index in [1.807, 2.05) is 0 Å². The van der Waals surface area contributed by atoms with Gasteiger partial charge >= 0.3 is 0 Å². The van der Waals surface area contributed by atoms with Crippen LogP contribution in [0.25, 0.3) is 10.4 Å². The number of hydrogen-bond acceptors (Lipinski definition) is 4. The Balaban J connectivity index is 2.22. The second kappa shape index (κ2) is 6.18. The first kappa shape index (κ1) is 14.2. The molecule has 0 unspecified atom stereocenters. The molecule has 0 saturated carbocycles. The highest BCUT2D eigenvalue weighted by Gasteiger charge is 2.22. The zero-order chi connectivity index (χ0) is 13.6. The average molecular weight is 272 g/mol. The zero-order valence-electron chi connectivity index (χ0n) is 9.52. The average Bonchev–Trinajstić information content (AvgIpc) is 2.59. The number of amides is 2. The van der Waals surface area contributed by atoms with Crippen LogP contribution >= 0.6 is 0 Å². The first-order valence-electron chi connectivity index (χ1n) is 5.29. The molecule has 2 amide bonds. The highest BCUT2D eigenvalue weighted by molar-refractivity contribution is 7.89. The van der Waals surface area contributed by atoms with Gasteiger partial charge in [-0.3, -0.25) is 14.5 Å². The van der Waals surface area contributed by atoms with Crippen LogP contribution in [0, 0.1) is 0 Å². The predicted octanol–water partition coefficient (Wildman–Crippen LogP) is 0.722. The van der Waals surface area contributed by atoms with Crippen molar-refractivity contribution in [1.29, 1.82) is 0 Å². The Morgan fingerprint density at radius 1 is 1.17 bits per heavy atom. The summed E-state index contributed by atoms with van der Waals surface area (Å²) in [5.41, 5.74) is 8.00. The molecule has 1 aliphatic rings. The summed E-state index contributed by atoms with van der Waals surface area (Å²) < 4.78 is 24.7. The second-order valence-electron chi connectivity index (χ2n) is 3.68. The Labute approximate surface area is 104 Å². The molecule has 9 heteroatoms. The Kier molecular flexibility index (Phi) is 4.87. The topological polar surface area (TPSA) is 120 Å². The van der Waals surface area contributed by atoms with Crippen molar-refractivity contribution in [3.05, 3.63) is 22.6 Å². The van der Waals surface area contributed by atoms with Crippen LogP contribution in [0.2, 0.25) is 0 Å². The molecule has 0 aliphatic carbocycles. The lowest BCUT2D eigenvalue weighted by atomic mass is 10.2. The first-order valence-corrected chi connectivity index (χ1v) is 6.90. The van der Waals surface area contributed by atoms with Gasteiger partial charge in [0.1, 0.15) is 0 Å². The SMILES string of the molecule is [N-]=[N+]=NS(=O)(=O)CCCCCN1C(=O)C=CC1=O. The second-order valence-corrected chi connectivity index (χ2v) is 5.41. The Hall–Kier alpha value is -1.86. The third-order valence-corrected chi connectivity index (χ3v) is 3.47. The fourth-order valence-electron chi connectivity index (χ4n) is 1.48. The maximum Gasteiger partial charge on any atom is 0.253 e. The van der Waals surface area contributed by atoms with Crippen molar-refractivity contribution in [2.75, 3.05) is 12.3 Å². The monoisotopic (exact) mass is 272 g/mol. The van der Waals surface area contributed by atoms with Crippen LogP contribution in [0.1, 0.15) is 19.3 Å². The molecule has 0 fully saturated rings. The molecular formula is C9H12N4O4S. The zero-order valence-corrected chi connectivity index (χ0v) is 10.3. The molecule has 8 nitrogen and oxygen atoms in total. The summed E-state index contributed by atoms with van der Waals surface area (Å²) in [7, 11) is -3.70. The molecule has 98 valence electrons. The van der Waals surface area contributed by atoms with Gasteiger partial charge in [-0.2, -0.15) is 0 Å². The normalized spacial score (nSPS) is 15.0. The van der Waals surface area contributed by atoms with Crippen LogP contribution in [0.15, 0.2) is 16.7 Å².